The normalized spacial score (nSPS) is 12.7. The van der Waals surface area contributed by atoms with Crippen LogP contribution >= 0.6 is 0 Å². The van der Waals surface area contributed by atoms with Gasteiger partial charge in [-0.3, -0.25) is 15.0 Å². The van der Waals surface area contributed by atoms with Crippen LogP contribution in [0.15, 0.2) is 79.3 Å². The molecule has 0 spiro atoms. The molecule has 0 fully saturated rings. The van der Waals surface area contributed by atoms with Crippen LogP contribution in [-0.4, -0.2) is 19.9 Å². The molecule has 0 aliphatic heterocycles. The number of benzene rings is 2. The molecule has 4 nitrogen and oxygen atoms in total. The number of hydrogen-bond donors (Lipinski definition) is 0. The van der Waals surface area contributed by atoms with Crippen LogP contribution in [0.4, 0.5) is 0 Å². The van der Waals surface area contributed by atoms with Gasteiger partial charge in [-0.25, -0.2) is 4.98 Å². The van der Waals surface area contributed by atoms with E-state index in [1.54, 1.807) is 0 Å². The van der Waals surface area contributed by atoms with E-state index in [1.807, 2.05) is 24.7 Å². The van der Waals surface area contributed by atoms with Crippen molar-refractivity contribution in [3.8, 4) is 0 Å². The molecular formula is C33H32N4. The summed E-state index contributed by atoms with van der Waals surface area (Å²) >= 11 is 0. The van der Waals surface area contributed by atoms with E-state index in [1.165, 1.54) is 11.1 Å². The van der Waals surface area contributed by atoms with Crippen LogP contribution in [0.2, 0.25) is 0 Å². The first-order valence-corrected chi connectivity index (χ1v) is 13.1. The third kappa shape index (κ3) is 4.11. The third-order valence-electron chi connectivity index (χ3n) is 7.99. The van der Waals surface area contributed by atoms with Gasteiger partial charge >= 0.3 is 0 Å². The van der Waals surface area contributed by atoms with Gasteiger partial charge in [0.2, 0.25) is 0 Å². The van der Waals surface area contributed by atoms with Crippen molar-refractivity contribution in [3.63, 3.8) is 0 Å². The number of hydrogen-bond acceptors (Lipinski definition) is 4. The highest BCUT2D eigenvalue weighted by atomic mass is 14.8. The summed E-state index contributed by atoms with van der Waals surface area (Å²) in [6.07, 6.45) is 7.77. The molecular weight excluding hydrogens is 452 g/mol. The highest BCUT2D eigenvalue weighted by molar-refractivity contribution is 6.03. The van der Waals surface area contributed by atoms with Gasteiger partial charge in [0.1, 0.15) is 0 Å². The Morgan fingerprint density at radius 2 is 1.24 bits per heavy atom. The third-order valence-corrected chi connectivity index (χ3v) is 7.99. The highest BCUT2D eigenvalue weighted by Gasteiger charge is 2.24. The quantitative estimate of drug-likeness (QED) is 0.232. The summed E-state index contributed by atoms with van der Waals surface area (Å²) in [7, 11) is 0. The van der Waals surface area contributed by atoms with Crippen molar-refractivity contribution < 1.29 is 0 Å². The molecule has 4 heterocycles. The smallest absolute Gasteiger partial charge is 0.0968 e. The summed E-state index contributed by atoms with van der Waals surface area (Å²) in [4.78, 5) is 19.4. The van der Waals surface area contributed by atoms with Crippen molar-refractivity contribution in [1.82, 2.24) is 19.9 Å². The second kappa shape index (κ2) is 8.58. The first kappa shape index (κ1) is 23.5. The SMILES string of the molecule is CCC(C)(C)c1ccc2ccc3cc(CC(C)(C)c4cnc5c(ccc6cccnc65)c4)cnc3c2n1. The molecule has 6 rings (SSSR count). The standard InChI is InChI=1S/C33H32N4/c1-6-32(2,3)27-14-13-23-10-11-24-16-21(19-35-30(24)31(23)37-27)18-33(4,5)26-17-25-12-9-22-8-7-15-34-28(22)29(25)36-20-26/h7-17,19-20H,6,18H2,1-5H3. The van der Waals surface area contributed by atoms with Crippen LogP contribution in [0, 0.1) is 0 Å². The van der Waals surface area contributed by atoms with Crippen molar-refractivity contribution in [3.05, 3.63) is 96.1 Å². The molecule has 2 aromatic carbocycles. The monoisotopic (exact) mass is 484 g/mol. The molecule has 0 N–H and O–H groups in total. The predicted octanol–water partition coefficient (Wildman–Crippen LogP) is 8.09. The van der Waals surface area contributed by atoms with Gasteiger partial charge in [-0.15, -0.1) is 0 Å². The Morgan fingerprint density at radius 3 is 2.03 bits per heavy atom. The Labute approximate surface area is 217 Å². The zero-order chi connectivity index (χ0) is 25.8. The number of fused-ring (bicyclic) bond motifs is 6. The molecule has 0 aliphatic rings. The van der Waals surface area contributed by atoms with E-state index in [2.05, 4.69) is 94.2 Å². The fourth-order valence-corrected chi connectivity index (χ4v) is 5.20. The van der Waals surface area contributed by atoms with Crippen molar-refractivity contribution in [1.29, 1.82) is 0 Å². The van der Waals surface area contributed by atoms with Gasteiger partial charge < -0.3 is 0 Å². The van der Waals surface area contributed by atoms with Crippen LogP contribution in [0.1, 0.15) is 57.9 Å². The largest absolute Gasteiger partial charge is 0.254 e. The molecule has 0 saturated carbocycles. The number of rotatable bonds is 5. The Hall–Kier alpha value is -3.92. The summed E-state index contributed by atoms with van der Waals surface area (Å²) in [5.74, 6) is 0. The van der Waals surface area contributed by atoms with Gasteiger partial charge in [-0.05, 0) is 53.6 Å². The lowest BCUT2D eigenvalue weighted by atomic mass is 9.79. The van der Waals surface area contributed by atoms with E-state index in [-0.39, 0.29) is 10.8 Å². The molecule has 0 amide bonds. The van der Waals surface area contributed by atoms with Gasteiger partial charge in [0.15, 0.2) is 0 Å². The maximum Gasteiger partial charge on any atom is 0.0968 e. The van der Waals surface area contributed by atoms with Crippen LogP contribution in [0.25, 0.3) is 43.6 Å². The average molecular weight is 485 g/mol. The lowest BCUT2D eigenvalue weighted by Crippen LogP contribution is -2.21. The maximum atomic E-state index is 5.07. The second-order valence-corrected chi connectivity index (χ2v) is 11.5. The first-order valence-electron chi connectivity index (χ1n) is 13.1. The van der Waals surface area contributed by atoms with Crippen LogP contribution < -0.4 is 0 Å². The van der Waals surface area contributed by atoms with Crippen LogP contribution in [-0.2, 0) is 17.3 Å². The molecule has 0 radical (unpaired) electrons. The molecule has 0 aliphatic carbocycles. The predicted molar refractivity (Wildman–Crippen MR) is 154 cm³/mol. The van der Waals surface area contributed by atoms with Crippen molar-refractivity contribution in [2.75, 3.05) is 0 Å². The fourth-order valence-electron chi connectivity index (χ4n) is 5.20. The van der Waals surface area contributed by atoms with E-state index in [9.17, 15) is 0 Å². The van der Waals surface area contributed by atoms with Crippen LogP contribution in [0.5, 0.6) is 0 Å². The van der Waals surface area contributed by atoms with Gasteiger partial charge in [0.25, 0.3) is 0 Å². The molecule has 0 unspecified atom stereocenters. The molecule has 0 atom stereocenters. The second-order valence-electron chi connectivity index (χ2n) is 11.5. The minimum Gasteiger partial charge on any atom is -0.254 e. The molecule has 0 bridgehead atoms. The van der Waals surface area contributed by atoms with Crippen molar-refractivity contribution in [2.45, 2.75) is 58.3 Å². The Balaban J connectivity index is 1.36. The number of nitrogens with zero attached hydrogens (tertiary/aromatic N) is 4. The van der Waals surface area contributed by atoms with E-state index in [0.717, 1.165) is 62.1 Å². The van der Waals surface area contributed by atoms with Crippen molar-refractivity contribution in [2.24, 2.45) is 0 Å². The van der Waals surface area contributed by atoms with E-state index in [4.69, 9.17) is 15.0 Å². The fraction of sp³-hybridized carbons (Fsp3) is 0.273. The van der Waals surface area contributed by atoms with Gasteiger partial charge in [0.05, 0.1) is 22.1 Å². The topological polar surface area (TPSA) is 51.6 Å². The number of aromatic nitrogens is 4. The summed E-state index contributed by atoms with van der Waals surface area (Å²) in [6, 6.07) is 21.5. The Kier molecular flexibility index (Phi) is 5.45. The number of pyridine rings is 4. The highest BCUT2D eigenvalue weighted by Crippen LogP contribution is 2.33. The Morgan fingerprint density at radius 1 is 0.622 bits per heavy atom. The summed E-state index contributed by atoms with van der Waals surface area (Å²) in [5.41, 5.74) is 7.34. The van der Waals surface area contributed by atoms with Gasteiger partial charge in [0, 0.05) is 51.2 Å². The lowest BCUT2D eigenvalue weighted by molar-refractivity contribution is 0.492. The van der Waals surface area contributed by atoms with Crippen LogP contribution in [0.3, 0.4) is 0 Å². The zero-order valence-electron chi connectivity index (χ0n) is 22.2. The average Bonchev–Trinajstić information content (AvgIpc) is 2.91. The lowest BCUT2D eigenvalue weighted by Gasteiger charge is -2.25. The maximum absolute atomic E-state index is 5.07. The van der Waals surface area contributed by atoms with Crippen molar-refractivity contribution >= 4 is 43.6 Å². The molecule has 6 aromatic rings. The Bertz CT molecular complexity index is 1800. The van der Waals surface area contributed by atoms with Gasteiger partial charge in [-0.1, -0.05) is 71.0 Å². The molecule has 4 heteroatoms. The minimum absolute atomic E-state index is 0.0383. The minimum atomic E-state index is -0.108. The summed E-state index contributed by atoms with van der Waals surface area (Å²) < 4.78 is 0. The van der Waals surface area contributed by atoms with E-state index in [0.29, 0.717) is 0 Å². The summed E-state index contributed by atoms with van der Waals surface area (Å²) in [6.45, 7) is 11.3. The van der Waals surface area contributed by atoms with E-state index < -0.39 is 0 Å². The van der Waals surface area contributed by atoms with Gasteiger partial charge in [-0.2, -0.15) is 0 Å². The molecule has 37 heavy (non-hydrogen) atoms. The molecule has 4 aromatic heterocycles. The molecule has 184 valence electrons. The van der Waals surface area contributed by atoms with E-state index >= 15 is 0 Å². The summed E-state index contributed by atoms with van der Waals surface area (Å²) in [5, 5.41) is 4.50. The zero-order valence-corrected chi connectivity index (χ0v) is 22.2. The molecule has 0 saturated heterocycles. The first-order chi connectivity index (χ1) is 17.7.